The van der Waals surface area contributed by atoms with Gasteiger partial charge in [-0.3, -0.25) is 0 Å². The van der Waals surface area contributed by atoms with Crippen LogP contribution in [0.1, 0.15) is 18.9 Å². The number of hydrogen-bond donors (Lipinski definition) is 0. The van der Waals surface area contributed by atoms with Gasteiger partial charge in [-0.25, -0.2) is 13.2 Å². The van der Waals surface area contributed by atoms with Gasteiger partial charge in [0.05, 0.1) is 11.3 Å². The maximum atomic E-state index is 12.9. The molecule has 5 nitrogen and oxygen atoms in total. The van der Waals surface area contributed by atoms with Crippen molar-refractivity contribution in [2.24, 2.45) is 0 Å². The van der Waals surface area contributed by atoms with Crippen molar-refractivity contribution in [3.63, 3.8) is 0 Å². The first-order valence-electron chi connectivity index (χ1n) is 6.67. The third-order valence-electron chi connectivity index (χ3n) is 4.19. The minimum Gasteiger partial charge on any atom is -0.453 e. The van der Waals surface area contributed by atoms with Crippen LogP contribution in [0.3, 0.4) is 0 Å². The lowest BCUT2D eigenvalue weighted by molar-refractivity contribution is -0.202. The van der Waals surface area contributed by atoms with Crippen molar-refractivity contribution in [2.75, 3.05) is 6.26 Å². The summed E-state index contributed by atoms with van der Waals surface area (Å²) in [6.07, 6.45) is -5.97. The predicted octanol–water partition coefficient (Wildman–Crippen LogP) is 1.95. The van der Waals surface area contributed by atoms with Crippen LogP contribution in [0.4, 0.5) is 13.2 Å². The van der Waals surface area contributed by atoms with Crippen LogP contribution in [0, 0.1) is 0 Å². The van der Waals surface area contributed by atoms with Crippen LogP contribution in [0.25, 0.3) is 0 Å². The van der Waals surface area contributed by atoms with Gasteiger partial charge in [0, 0.05) is 6.26 Å². The SMILES string of the molecule is C[C@]1(CC(F)(F)F)OC(=O)[C@@H]2O[C@]21c1ccc(S(C)(=O)=O)cc1. The molecule has 2 aliphatic heterocycles. The van der Waals surface area contributed by atoms with Gasteiger partial charge in [-0.15, -0.1) is 0 Å². The molecule has 2 aliphatic rings. The Morgan fingerprint density at radius 1 is 1.22 bits per heavy atom. The molecule has 0 spiro atoms. The third-order valence-corrected chi connectivity index (χ3v) is 5.32. The number of benzene rings is 1. The minimum atomic E-state index is -4.55. The first-order chi connectivity index (χ1) is 10.4. The Labute approximate surface area is 130 Å². The fourth-order valence-electron chi connectivity index (χ4n) is 3.14. The van der Waals surface area contributed by atoms with Gasteiger partial charge in [0.25, 0.3) is 0 Å². The molecular formula is C14H13F3O5S. The highest BCUT2D eigenvalue weighted by Crippen LogP contribution is 2.63. The van der Waals surface area contributed by atoms with Crippen LogP contribution in [0.2, 0.25) is 0 Å². The molecule has 23 heavy (non-hydrogen) atoms. The number of esters is 1. The van der Waals surface area contributed by atoms with Crippen LogP contribution in [0.5, 0.6) is 0 Å². The van der Waals surface area contributed by atoms with E-state index in [2.05, 4.69) is 0 Å². The van der Waals surface area contributed by atoms with E-state index < -0.39 is 45.7 Å². The topological polar surface area (TPSA) is 73.0 Å². The molecule has 0 unspecified atom stereocenters. The van der Waals surface area contributed by atoms with Gasteiger partial charge in [0.2, 0.25) is 0 Å². The Hall–Kier alpha value is -1.61. The number of carbonyl (C=O) groups excluding carboxylic acids is 1. The molecule has 126 valence electrons. The molecular weight excluding hydrogens is 337 g/mol. The van der Waals surface area contributed by atoms with Crippen molar-refractivity contribution < 1.29 is 35.9 Å². The van der Waals surface area contributed by atoms with Gasteiger partial charge >= 0.3 is 12.1 Å². The molecule has 0 N–H and O–H groups in total. The van der Waals surface area contributed by atoms with E-state index in [4.69, 9.17) is 9.47 Å². The lowest BCUT2D eigenvalue weighted by atomic mass is 9.80. The molecule has 2 saturated heterocycles. The fraction of sp³-hybridized carbons (Fsp3) is 0.500. The number of fused-ring (bicyclic) bond motifs is 1. The van der Waals surface area contributed by atoms with Crippen molar-refractivity contribution in [3.05, 3.63) is 29.8 Å². The monoisotopic (exact) mass is 350 g/mol. The second kappa shape index (κ2) is 4.47. The van der Waals surface area contributed by atoms with Gasteiger partial charge in [0.1, 0.15) is 0 Å². The predicted molar refractivity (Wildman–Crippen MR) is 71.3 cm³/mol. The Morgan fingerprint density at radius 3 is 2.22 bits per heavy atom. The van der Waals surface area contributed by atoms with Crippen molar-refractivity contribution >= 4 is 15.8 Å². The molecule has 0 aromatic heterocycles. The average Bonchev–Trinajstić information content (AvgIpc) is 3.08. The quantitative estimate of drug-likeness (QED) is 0.615. The molecule has 0 amide bonds. The van der Waals surface area contributed by atoms with Crippen LogP contribution < -0.4 is 0 Å². The summed E-state index contributed by atoms with van der Waals surface area (Å²) in [5.41, 5.74) is -3.14. The summed E-state index contributed by atoms with van der Waals surface area (Å²) in [6, 6.07) is 5.25. The zero-order chi connectivity index (χ0) is 17.3. The number of sulfone groups is 1. The van der Waals surface area contributed by atoms with Crippen LogP contribution in [0.15, 0.2) is 29.2 Å². The molecule has 9 heteroatoms. The summed E-state index contributed by atoms with van der Waals surface area (Å²) in [4.78, 5) is 11.7. The zero-order valence-corrected chi connectivity index (χ0v) is 13.0. The molecule has 2 fully saturated rings. The van der Waals surface area contributed by atoms with Crippen molar-refractivity contribution in [1.82, 2.24) is 0 Å². The zero-order valence-electron chi connectivity index (χ0n) is 12.2. The Morgan fingerprint density at radius 2 is 1.78 bits per heavy atom. The number of epoxide rings is 1. The molecule has 2 heterocycles. The highest BCUT2D eigenvalue weighted by Gasteiger charge is 2.80. The summed E-state index contributed by atoms with van der Waals surface area (Å²) in [5, 5.41) is 0. The number of rotatable bonds is 3. The standard InChI is InChI=1S/C14H13F3O5S/c1-12(7-13(15,16)17)14(10(21-14)11(18)22-12)8-3-5-9(6-4-8)23(2,19)20/h3-6,10H,7H2,1-2H3/t10-,12+,14+/m0/s1. The summed E-state index contributed by atoms with van der Waals surface area (Å²) >= 11 is 0. The number of alkyl halides is 3. The summed E-state index contributed by atoms with van der Waals surface area (Å²) in [6.45, 7) is 1.18. The van der Waals surface area contributed by atoms with E-state index >= 15 is 0 Å². The van der Waals surface area contributed by atoms with E-state index in [-0.39, 0.29) is 10.5 Å². The lowest BCUT2D eigenvalue weighted by Crippen LogP contribution is -2.43. The number of hydrogen-bond acceptors (Lipinski definition) is 5. The van der Waals surface area contributed by atoms with E-state index in [9.17, 15) is 26.4 Å². The highest BCUT2D eigenvalue weighted by molar-refractivity contribution is 7.90. The average molecular weight is 350 g/mol. The first kappa shape index (κ1) is 16.3. The van der Waals surface area contributed by atoms with Crippen molar-refractivity contribution in [1.29, 1.82) is 0 Å². The second-order valence-electron chi connectivity index (χ2n) is 5.97. The Bertz CT molecular complexity index is 771. The number of halogens is 3. The molecule has 3 atom stereocenters. The molecule has 1 aromatic carbocycles. The summed E-state index contributed by atoms with van der Waals surface area (Å²) < 4.78 is 71.7. The molecule has 0 saturated carbocycles. The number of ether oxygens (including phenoxy) is 2. The molecule has 1 aromatic rings. The van der Waals surface area contributed by atoms with Gasteiger partial charge in [-0.2, -0.15) is 13.2 Å². The van der Waals surface area contributed by atoms with Crippen LogP contribution >= 0.6 is 0 Å². The molecule has 0 bridgehead atoms. The summed E-state index contributed by atoms with van der Waals surface area (Å²) in [7, 11) is -3.44. The van der Waals surface area contributed by atoms with Crippen LogP contribution in [-0.2, 0) is 29.7 Å². The highest BCUT2D eigenvalue weighted by atomic mass is 32.2. The summed E-state index contributed by atoms with van der Waals surface area (Å²) in [5.74, 6) is -0.844. The van der Waals surface area contributed by atoms with E-state index in [1.54, 1.807) is 0 Å². The normalized spacial score (nSPS) is 33.3. The fourth-order valence-corrected chi connectivity index (χ4v) is 3.77. The molecule has 0 aliphatic carbocycles. The minimum absolute atomic E-state index is 0.0256. The van der Waals surface area contributed by atoms with Gasteiger partial charge in [0.15, 0.2) is 27.1 Å². The van der Waals surface area contributed by atoms with Gasteiger partial charge < -0.3 is 9.47 Å². The first-order valence-corrected chi connectivity index (χ1v) is 8.56. The maximum absolute atomic E-state index is 12.9. The third kappa shape index (κ3) is 2.42. The number of cyclic esters (lactones) is 1. The van der Waals surface area contributed by atoms with Gasteiger partial charge in [-0.1, -0.05) is 12.1 Å². The van der Waals surface area contributed by atoms with Gasteiger partial charge in [-0.05, 0) is 24.6 Å². The number of carbonyl (C=O) groups is 1. The Kier molecular flexibility index (Phi) is 3.16. The molecule has 3 rings (SSSR count). The van der Waals surface area contributed by atoms with E-state index in [1.807, 2.05) is 0 Å². The second-order valence-corrected chi connectivity index (χ2v) is 7.99. The lowest BCUT2D eigenvalue weighted by Gasteiger charge is -2.32. The smallest absolute Gasteiger partial charge is 0.393 e. The van der Waals surface area contributed by atoms with E-state index in [1.165, 1.54) is 31.2 Å². The maximum Gasteiger partial charge on any atom is 0.393 e. The van der Waals surface area contributed by atoms with Crippen LogP contribution in [-0.4, -0.2) is 38.5 Å². The van der Waals surface area contributed by atoms with E-state index in [0.717, 1.165) is 6.26 Å². The van der Waals surface area contributed by atoms with Crippen molar-refractivity contribution in [3.8, 4) is 0 Å². The van der Waals surface area contributed by atoms with E-state index in [0.29, 0.717) is 0 Å². The van der Waals surface area contributed by atoms with Crippen molar-refractivity contribution in [2.45, 2.75) is 41.7 Å². The Balaban J connectivity index is 2.02. The molecule has 0 radical (unpaired) electrons. The largest absolute Gasteiger partial charge is 0.453 e.